The summed E-state index contributed by atoms with van der Waals surface area (Å²) in [4.78, 5) is 49.3. The van der Waals surface area contributed by atoms with Crippen molar-refractivity contribution in [3.05, 3.63) is 0 Å². The van der Waals surface area contributed by atoms with Crippen LogP contribution < -0.4 is 0 Å². The first-order valence-electron chi connectivity index (χ1n) is 36.5. The maximum absolute atomic E-state index is 10.7. The summed E-state index contributed by atoms with van der Waals surface area (Å²) in [5.74, 6) is -2.33. The average molecular weight is 1230 g/mol. The monoisotopic (exact) mass is 1230 g/mol. The van der Waals surface area contributed by atoms with Crippen LogP contribution in [0, 0.1) is 0 Å². The van der Waals surface area contributed by atoms with Crippen molar-refractivity contribution in [3.8, 4) is 0 Å². The number of aliphatic carboxylic acids is 2. The molecule has 0 saturated heterocycles. The molecule has 84 heavy (non-hydrogen) atoms. The van der Waals surface area contributed by atoms with Crippen LogP contribution in [0.5, 0.6) is 0 Å². The van der Waals surface area contributed by atoms with E-state index in [0.29, 0.717) is 25.7 Å². The Bertz CT molecular complexity index is 1130. The zero-order valence-electron chi connectivity index (χ0n) is 56.4. The third kappa shape index (κ3) is 102. The van der Waals surface area contributed by atoms with E-state index in [1.54, 1.807) is 0 Å². The van der Waals surface area contributed by atoms with Crippen molar-refractivity contribution >= 4 is 23.9 Å². The number of carbonyl (C=O) groups is 4. The van der Waals surface area contributed by atoms with Crippen LogP contribution in [-0.4, -0.2) is 44.6 Å². The zero-order chi connectivity index (χ0) is 63.0. The first-order chi connectivity index (χ1) is 41.2. The van der Waals surface area contributed by atoms with Gasteiger partial charge in [-0.1, -0.05) is 387 Å². The van der Waals surface area contributed by atoms with Gasteiger partial charge in [0.15, 0.2) is 0 Å². The van der Waals surface area contributed by atoms with Gasteiger partial charge in [0, 0.05) is 25.7 Å². The van der Waals surface area contributed by atoms with E-state index in [9.17, 15) is 19.2 Å². The number of hydrogen-bond acceptors (Lipinski definition) is 9. The van der Waals surface area contributed by atoms with Gasteiger partial charge in [0.25, 0.3) is 0 Å². The molecule has 0 rings (SSSR count). The van der Waals surface area contributed by atoms with Gasteiger partial charge in [0.05, 0.1) is 0 Å². The fourth-order valence-electron chi connectivity index (χ4n) is 10.7. The second-order valence-electron chi connectivity index (χ2n) is 24.5. The Morgan fingerprint density at radius 3 is 0.429 bits per heavy atom. The van der Waals surface area contributed by atoms with Crippen LogP contribution in [-0.2, 0) is 52.7 Å². The minimum atomic E-state index is -0.653. The molecule has 502 valence electrons. The van der Waals surface area contributed by atoms with Crippen molar-refractivity contribution in [1.29, 1.82) is 0 Å². The predicted molar refractivity (Wildman–Crippen MR) is 352 cm³/mol. The molecule has 0 aliphatic heterocycles. The zero-order valence-corrected chi connectivity index (χ0v) is 58.0. The van der Waals surface area contributed by atoms with Crippen molar-refractivity contribution in [2.75, 3.05) is 0 Å². The maximum atomic E-state index is 10.7. The first kappa shape index (κ1) is 91.1. The van der Waals surface area contributed by atoms with E-state index in [-0.39, 0.29) is 0 Å². The van der Waals surface area contributed by atoms with E-state index in [0.717, 1.165) is 71.8 Å². The summed E-state index contributed by atoms with van der Waals surface area (Å²) in [5.41, 5.74) is 0. The second kappa shape index (κ2) is 90.1. The van der Waals surface area contributed by atoms with Crippen molar-refractivity contribution < 1.29 is 73.4 Å². The molecule has 0 bridgehead atoms. The van der Waals surface area contributed by atoms with Crippen molar-refractivity contribution in [3.63, 3.8) is 0 Å². The summed E-state index contributed by atoms with van der Waals surface area (Å²) in [5, 5.41) is 33.2. The molecule has 0 saturated carbocycles. The molecule has 0 aliphatic rings. The van der Waals surface area contributed by atoms with Gasteiger partial charge in [-0.25, -0.2) is 9.59 Å². The molecule has 0 unspecified atom stereocenters. The van der Waals surface area contributed by atoms with Crippen molar-refractivity contribution in [1.82, 2.24) is 0 Å². The Balaban J connectivity index is -0.000000327. The number of carbonyl (C=O) groups excluding carboxylic acids is 2. The third-order valence-corrected chi connectivity index (χ3v) is 16.2. The summed E-state index contributed by atoms with van der Waals surface area (Å²) in [6.45, 7) is 9.07. The summed E-state index contributed by atoms with van der Waals surface area (Å²) in [6.07, 6.45) is 80.4. The average Bonchev–Trinajstić information content (AvgIpc) is 3.49. The molecule has 0 aromatic heterocycles. The molecular formula is C72H144O11Ti. The van der Waals surface area contributed by atoms with E-state index in [2.05, 4.69) is 37.5 Å². The second-order valence-corrected chi connectivity index (χ2v) is 24.5. The van der Waals surface area contributed by atoms with Gasteiger partial charge in [0.1, 0.15) is 0 Å². The number of rotatable bonds is 64. The predicted octanol–water partition coefficient (Wildman–Crippen LogP) is 25.1. The topological polar surface area (TPSA) is 185 Å². The van der Waals surface area contributed by atoms with Crippen LogP contribution in [0.25, 0.3) is 0 Å². The molecule has 4 N–H and O–H groups in total. The van der Waals surface area contributed by atoms with Crippen LogP contribution in [0.15, 0.2) is 0 Å². The SMILES string of the molecule is CCCCCCCCCCCCCCCCCC(=O)O.CCCCCCCCCCCCCCCCCC(=O)O.CCCCCCCCCCCCCCCCCC(=O)OO.CCCCCCCCCCCCCCCCCC(=O)OO.[O]=[Ti]. The Morgan fingerprint density at radius 2 is 0.321 bits per heavy atom. The van der Waals surface area contributed by atoms with Gasteiger partial charge in [0.2, 0.25) is 0 Å². The van der Waals surface area contributed by atoms with E-state index in [1.165, 1.54) is 334 Å². The normalized spacial score (nSPS) is 10.6. The first-order valence-corrected chi connectivity index (χ1v) is 37.1. The van der Waals surface area contributed by atoms with Gasteiger partial charge in [-0.2, -0.15) is 10.5 Å². The minimum absolute atomic E-state index is 0.342. The van der Waals surface area contributed by atoms with E-state index < -0.39 is 23.9 Å². The van der Waals surface area contributed by atoms with Crippen molar-refractivity contribution in [2.24, 2.45) is 0 Å². The van der Waals surface area contributed by atoms with E-state index in [4.69, 9.17) is 24.1 Å². The molecule has 0 heterocycles. The van der Waals surface area contributed by atoms with E-state index in [1.807, 2.05) is 0 Å². The molecule has 0 aromatic carbocycles. The quantitative estimate of drug-likeness (QED) is 0.0197. The van der Waals surface area contributed by atoms with Crippen LogP contribution in [0.2, 0.25) is 0 Å². The van der Waals surface area contributed by atoms with Gasteiger partial charge in [-0.15, -0.1) is 0 Å². The van der Waals surface area contributed by atoms with Crippen molar-refractivity contribution in [2.45, 2.75) is 439 Å². The summed E-state index contributed by atoms with van der Waals surface area (Å²) in [6, 6.07) is 0. The van der Waals surface area contributed by atoms with E-state index >= 15 is 0 Å². The fourth-order valence-corrected chi connectivity index (χ4v) is 10.7. The van der Waals surface area contributed by atoms with Gasteiger partial charge >= 0.3 is 47.6 Å². The third-order valence-electron chi connectivity index (χ3n) is 16.2. The molecule has 0 spiro atoms. The van der Waals surface area contributed by atoms with Gasteiger partial charge < -0.3 is 20.0 Å². The molecule has 11 nitrogen and oxygen atoms in total. The number of unbranched alkanes of at least 4 members (excludes halogenated alkanes) is 56. The van der Waals surface area contributed by atoms with Crippen LogP contribution in [0.4, 0.5) is 0 Å². The Hall–Kier alpha value is -1.69. The Labute approximate surface area is 533 Å². The molecule has 0 amide bonds. The van der Waals surface area contributed by atoms with Gasteiger partial charge in [-0.05, 0) is 25.7 Å². The molecule has 0 aromatic rings. The molecule has 12 heteroatoms. The summed E-state index contributed by atoms with van der Waals surface area (Å²) >= 11 is 0.750. The number of carboxylic acids is 2. The molecule has 0 atom stereocenters. The van der Waals surface area contributed by atoms with Crippen LogP contribution >= 0.6 is 0 Å². The Morgan fingerprint density at radius 1 is 0.214 bits per heavy atom. The molecule has 0 fully saturated rings. The summed E-state index contributed by atoms with van der Waals surface area (Å²) < 4.78 is 8.25. The standard InChI is InChI=1S/2C18H36O3.2C18H36O2.O.Ti/c2*1-2-3-4-5-6-7-8-9-10-11-12-13-14-15-16-17-18(19)21-20;2*1-2-3-4-5-6-7-8-9-10-11-12-13-14-15-16-17-18(19)20;;/h2*20H,2-17H2,1H3;2*2-17H2,1H3,(H,19,20);;. The number of carboxylic acid groups (broad SMARTS) is 2. The van der Waals surface area contributed by atoms with Crippen LogP contribution in [0.1, 0.15) is 439 Å². The Kier molecular flexibility index (Phi) is 97.6. The fraction of sp³-hybridized carbons (Fsp3) is 0.944. The summed E-state index contributed by atoms with van der Waals surface area (Å²) in [7, 11) is 0. The molecule has 0 radical (unpaired) electrons. The van der Waals surface area contributed by atoms with Gasteiger partial charge in [-0.3, -0.25) is 9.59 Å². The van der Waals surface area contributed by atoms with Crippen LogP contribution in [0.3, 0.4) is 0 Å². The number of hydrogen-bond donors (Lipinski definition) is 4. The molecular weight excluding hydrogens is 1090 g/mol. The molecule has 0 aliphatic carbocycles.